The maximum absolute atomic E-state index is 12.5. The molecule has 0 amide bonds. The lowest BCUT2D eigenvalue weighted by molar-refractivity contribution is -0.0508. The van der Waals surface area contributed by atoms with Crippen molar-refractivity contribution >= 4 is 0 Å². The molecule has 1 N–H and O–H groups in total. The predicted molar refractivity (Wildman–Crippen MR) is 77.0 cm³/mol. The molecule has 1 saturated heterocycles. The Bertz CT molecular complexity index is 457. The molecule has 0 aromatic heterocycles. The minimum Gasteiger partial charge on any atom is -0.497 e. The number of nitrogens with one attached hydrogen (secondary N) is 1. The number of rotatable bonds is 6. The molecule has 1 heterocycles. The topological polar surface area (TPSA) is 33.7 Å². The summed E-state index contributed by atoms with van der Waals surface area (Å²) in [4.78, 5) is 2.25. The lowest BCUT2D eigenvalue weighted by Crippen LogP contribution is -2.43. The van der Waals surface area contributed by atoms with E-state index < -0.39 is 6.61 Å². The predicted octanol–water partition coefficient (Wildman–Crippen LogP) is 2.48. The zero-order valence-electron chi connectivity index (χ0n) is 12.4. The average Bonchev–Trinajstić information content (AvgIpc) is 2.48. The number of benzene rings is 1. The maximum Gasteiger partial charge on any atom is 0.387 e. The number of hydrogen-bond donors (Lipinski definition) is 1. The molecular weight excluding hydrogens is 278 g/mol. The lowest BCUT2D eigenvalue weighted by Gasteiger charge is -2.32. The molecule has 1 aromatic rings. The largest absolute Gasteiger partial charge is 0.497 e. The van der Waals surface area contributed by atoms with E-state index in [0.717, 1.165) is 31.5 Å². The third kappa shape index (κ3) is 4.54. The first-order chi connectivity index (χ1) is 10.1. The molecule has 1 aliphatic heterocycles. The highest BCUT2D eigenvalue weighted by molar-refractivity contribution is 5.40. The molecule has 1 aromatic carbocycles. The van der Waals surface area contributed by atoms with Crippen LogP contribution in [0.4, 0.5) is 8.78 Å². The number of hydrogen-bond acceptors (Lipinski definition) is 4. The molecule has 21 heavy (non-hydrogen) atoms. The second kappa shape index (κ2) is 7.56. The van der Waals surface area contributed by atoms with Crippen LogP contribution in [0, 0.1) is 0 Å². The number of nitrogens with zero attached hydrogens (tertiary/aromatic N) is 1. The zero-order valence-corrected chi connectivity index (χ0v) is 12.4. The standard InChI is InChI=1S/C15H22F2N2O2/c1-18-12-4-3-7-19(10-12)9-11-8-13(20-2)5-6-14(11)21-15(16)17/h5-6,8,12,15,18H,3-4,7,9-10H2,1-2H3. The Kier molecular flexibility index (Phi) is 5.76. The summed E-state index contributed by atoms with van der Waals surface area (Å²) in [6, 6.07) is 5.39. The number of likely N-dealkylation sites (N-methyl/N-ethyl adjacent to an activating group) is 1. The van der Waals surface area contributed by atoms with E-state index in [2.05, 4.69) is 15.0 Å². The second-order valence-corrected chi connectivity index (χ2v) is 5.22. The molecule has 0 bridgehead atoms. The highest BCUT2D eigenvalue weighted by Crippen LogP contribution is 2.27. The maximum atomic E-state index is 12.5. The van der Waals surface area contributed by atoms with Gasteiger partial charge in [-0.2, -0.15) is 8.78 Å². The van der Waals surface area contributed by atoms with Crippen LogP contribution >= 0.6 is 0 Å². The first-order valence-corrected chi connectivity index (χ1v) is 7.13. The van der Waals surface area contributed by atoms with Crippen LogP contribution in [-0.4, -0.2) is 44.8 Å². The number of halogens is 2. The fraction of sp³-hybridized carbons (Fsp3) is 0.600. The van der Waals surface area contributed by atoms with Gasteiger partial charge in [0.05, 0.1) is 7.11 Å². The number of likely N-dealkylation sites (tertiary alicyclic amines) is 1. The van der Waals surface area contributed by atoms with Gasteiger partial charge in [-0.1, -0.05) is 0 Å². The number of piperidine rings is 1. The summed E-state index contributed by atoms with van der Waals surface area (Å²) in [5.74, 6) is 0.867. The Labute approximate surface area is 124 Å². The molecule has 6 heteroatoms. The van der Waals surface area contributed by atoms with Crippen LogP contribution in [0.2, 0.25) is 0 Å². The SMILES string of the molecule is CNC1CCCN(Cc2cc(OC)ccc2OC(F)F)C1. The van der Waals surface area contributed by atoms with Crippen LogP contribution in [0.25, 0.3) is 0 Å². The van der Waals surface area contributed by atoms with Crippen LogP contribution < -0.4 is 14.8 Å². The van der Waals surface area contributed by atoms with Gasteiger partial charge in [0, 0.05) is 24.7 Å². The van der Waals surface area contributed by atoms with Crippen LogP contribution in [0.1, 0.15) is 18.4 Å². The molecule has 2 rings (SSSR count). The van der Waals surface area contributed by atoms with Crippen LogP contribution in [0.15, 0.2) is 18.2 Å². The van der Waals surface area contributed by atoms with Gasteiger partial charge in [0.1, 0.15) is 11.5 Å². The third-order valence-corrected chi connectivity index (χ3v) is 3.79. The highest BCUT2D eigenvalue weighted by Gasteiger charge is 2.20. The van der Waals surface area contributed by atoms with E-state index in [9.17, 15) is 8.78 Å². The first kappa shape index (κ1) is 16.0. The minimum absolute atomic E-state index is 0.220. The quantitative estimate of drug-likeness (QED) is 0.875. The van der Waals surface area contributed by atoms with E-state index in [0.29, 0.717) is 18.3 Å². The van der Waals surface area contributed by atoms with Crippen molar-refractivity contribution in [1.29, 1.82) is 0 Å². The summed E-state index contributed by atoms with van der Waals surface area (Å²) in [6.07, 6.45) is 2.24. The van der Waals surface area contributed by atoms with Gasteiger partial charge in [-0.05, 0) is 44.6 Å². The van der Waals surface area contributed by atoms with Crippen molar-refractivity contribution < 1.29 is 18.3 Å². The van der Waals surface area contributed by atoms with Crippen molar-refractivity contribution in [2.24, 2.45) is 0 Å². The van der Waals surface area contributed by atoms with E-state index in [-0.39, 0.29) is 5.75 Å². The summed E-state index contributed by atoms with van der Waals surface area (Å²) in [5.41, 5.74) is 0.728. The summed E-state index contributed by atoms with van der Waals surface area (Å²) in [5, 5.41) is 3.27. The van der Waals surface area contributed by atoms with Crippen molar-refractivity contribution in [3.05, 3.63) is 23.8 Å². The van der Waals surface area contributed by atoms with Crippen molar-refractivity contribution in [3.63, 3.8) is 0 Å². The summed E-state index contributed by atoms with van der Waals surface area (Å²) in [7, 11) is 3.51. The van der Waals surface area contributed by atoms with E-state index in [1.807, 2.05) is 7.05 Å². The Morgan fingerprint density at radius 1 is 1.43 bits per heavy atom. The highest BCUT2D eigenvalue weighted by atomic mass is 19.3. The Hall–Kier alpha value is -1.40. The second-order valence-electron chi connectivity index (χ2n) is 5.22. The molecule has 1 fully saturated rings. The van der Waals surface area contributed by atoms with Crippen LogP contribution in [0.5, 0.6) is 11.5 Å². The summed E-state index contributed by atoms with van der Waals surface area (Å²) in [6.45, 7) is -0.369. The molecular formula is C15H22F2N2O2. The van der Waals surface area contributed by atoms with Gasteiger partial charge in [-0.25, -0.2) is 0 Å². The van der Waals surface area contributed by atoms with Crippen molar-refractivity contribution in [1.82, 2.24) is 10.2 Å². The number of ether oxygens (including phenoxy) is 2. The average molecular weight is 300 g/mol. The Balaban J connectivity index is 2.12. The van der Waals surface area contributed by atoms with Gasteiger partial charge in [0.15, 0.2) is 0 Å². The van der Waals surface area contributed by atoms with Gasteiger partial charge in [-0.3, -0.25) is 4.90 Å². The van der Waals surface area contributed by atoms with Gasteiger partial charge < -0.3 is 14.8 Å². The minimum atomic E-state index is -2.82. The molecule has 0 saturated carbocycles. The number of methoxy groups -OCH3 is 1. The molecule has 118 valence electrons. The molecule has 4 nitrogen and oxygen atoms in total. The zero-order chi connectivity index (χ0) is 15.2. The van der Waals surface area contributed by atoms with Gasteiger partial charge in [0.2, 0.25) is 0 Å². The van der Waals surface area contributed by atoms with Crippen molar-refractivity contribution in [2.45, 2.75) is 32.0 Å². The summed E-state index contributed by atoms with van der Waals surface area (Å²) < 4.78 is 34.8. The monoisotopic (exact) mass is 300 g/mol. The van der Waals surface area contributed by atoms with Crippen LogP contribution in [0.3, 0.4) is 0 Å². The normalized spacial score (nSPS) is 19.8. The molecule has 1 unspecified atom stereocenters. The molecule has 0 aliphatic carbocycles. The first-order valence-electron chi connectivity index (χ1n) is 7.13. The Morgan fingerprint density at radius 2 is 2.24 bits per heavy atom. The fourth-order valence-corrected chi connectivity index (χ4v) is 2.69. The Morgan fingerprint density at radius 3 is 2.90 bits per heavy atom. The van der Waals surface area contributed by atoms with Crippen molar-refractivity contribution in [3.8, 4) is 11.5 Å². The van der Waals surface area contributed by atoms with E-state index >= 15 is 0 Å². The smallest absolute Gasteiger partial charge is 0.387 e. The van der Waals surface area contributed by atoms with E-state index in [1.54, 1.807) is 25.3 Å². The van der Waals surface area contributed by atoms with Crippen molar-refractivity contribution in [2.75, 3.05) is 27.2 Å². The van der Waals surface area contributed by atoms with Gasteiger partial charge in [-0.15, -0.1) is 0 Å². The van der Waals surface area contributed by atoms with Gasteiger partial charge >= 0.3 is 6.61 Å². The molecule has 1 atom stereocenters. The molecule has 0 spiro atoms. The summed E-state index contributed by atoms with van der Waals surface area (Å²) >= 11 is 0. The fourth-order valence-electron chi connectivity index (χ4n) is 2.69. The van der Waals surface area contributed by atoms with E-state index in [1.165, 1.54) is 0 Å². The van der Waals surface area contributed by atoms with Gasteiger partial charge in [0.25, 0.3) is 0 Å². The van der Waals surface area contributed by atoms with E-state index in [4.69, 9.17) is 4.74 Å². The van der Waals surface area contributed by atoms with Crippen LogP contribution in [-0.2, 0) is 6.54 Å². The lowest BCUT2D eigenvalue weighted by atomic mass is 10.0. The third-order valence-electron chi connectivity index (χ3n) is 3.79. The molecule has 0 radical (unpaired) electrons. The molecule has 1 aliphatic rings. The number of alkyl halides is 2.